The highest BCUT2D eigenvalue weighted by molar-refractivity contribution is 5.90. The van der Waals surface area contributed by atoms with Gasteiger partial charge in [-0.25, -0.2) is 4.79 Å². The van der Waals surface area contributed by atoms with Gasteiger partial charge in [0.25, 0.3) is 5.91 Å². The first-order chi connectivity index (χ1) is 18.6. The molecule has 1 unspecified atom stereocenters. The highest BCUT2D eigenvalue weighted by Crippen LogP contribution is 2.29. The van der Waals surface area contributed by atoms with Crippen LogP contribution in [0.5, 0.6) is 0 Å². The Morgan fingerprint density at radius 1 is 1.03 bits per heavy atom. The maximum absolute atomic E-state index is 12.9. The van der Waals surface area contributed by atoms with Crippen LogP contribution in [-0.2, 0) is 22.6 Å². The van der Waals surface area contributed by atoms with E-state index in [1.54, 1.807) is 6.20 Å². The van der Waals surface area contributed by atoms with Gasteiger partial charge in [0.2, 0.25) is 11.7 Å². The third-order valence-corrected chi connectivity index (χ3v) is 7.31. The number of halogens is 3. The number of alkyl halides is 3. The van der Waals surface area contributed by atoms with Crippen LogP contribution in [0.2, 0.25) is 0 Å². The van der Waals surface area contributed by atoms with Crippen LogP contribution in [-0.4, -0.2) is 91.3 Å². The summed E-state index contributed by atoms with van der Waals surface area (Å²) in [5.74, 6) is -1.06. The lowest BCUT2D eigenvalue weighted by atomic mass is 9.89. The predicted octanol–water partition coefficient (Wildman–Crippen LogP) is 2.06. The molecule has 2 amide bonds. The standard InChI is InChI=1S/C23H31N7O2.C2HF3O2/c31-20(14-18-8-4-5-9-24-18)29-11-10-28-12-13-30-21(19(28)16-29)26-27-22(30)23(32)25-15-17-6-2-1-3-7-17;3-2(4,5)1(6)7/h4-5,8-9,17,19H,1-3,6-7,10-16H2,(H,25,32);(H,6,7). The van der Waals surface area contributed by atoms with E-state index in [9.17, 15) is 22.8 Å². The van der Waals surface area contributed by atoms with E-state index in [0.717, 1.165) is 24.6 Å². The van der Waals surface area contributed by atoms with Gasteiger partial charge in [0.15, 0.2) is 5.82 Å². The molecule has 2 aromatic rings. The number of hydrogen-bond acceptors (Lipinski definition) is 7. The lowest BCUT2D eigenvalue weighted by molar-refractivity contribution is -0.192. The van der Waals surface area contributed by atoms with Crippen molar-refractivity contribution in [2.24, 2.45) is 5.92 Å². The summed E-state index contributed by atoms with van der Waals surface area (Å²) in [6.07, 6.45) is 3.14. The van der Waals surface area contributed by atoms with Gasteiger partial charge >= 0.3 is 12.1 Å². The van der Waals surface area contributed by atoms with Crippen molar-refractivity contribution in [2.45, 2.75) is 57.3 Å². The fourth-order valence-electron chi connectivity index (χ4n) is 5.21. The van der Waals surface area contributed by atoms with Crippen LogP contribution < -0.4 is 5.32 Å². The van der Waals surface area contributed by atoms with Crippen molar-refractivity contribution in [2.75, 3.05) is 32.7 Å². The summed E-state index contributed by atoms with van der Waals surface area (Å²) in [5, 5.41) is 18.9. The van der Waals surface area contributed by atoms with E-state index in [0.29, 0.717) is 44.3 Å². The summed E-state index contributed by atoms with van der Waals surface area (Å²) in [4.78, 5) is 43.1. The van der Waals surface area contributed by atoms with Crippen molar-refractivity contribution in [1.29, 1.82) is 0 Å². The van der Waals surface area contributed by atoms with Crippen LogP contribution >= 0.6 is 0 Å². The monoisotopic (exact) mass is 551 g/mol. The van der Waals surface area contributed by atoms with Gasteiger partial charge in [0, 0.05) is 51.2 Å². The minimum Gasteiger partial charge on any atom is -0.475 e. The number of pyridine rings is 1. The number of piperazine rings is 1. The number of rotatable bonds is 5. The van der Waals surface area contributed by atoms with Gasteiger partial charge in [-0.3, -0.25) is 19.5 Å². The quantitative estimate of drug-likeness (QED) is 0.577. The van der Waals surface area contributed by atoms with Gasteiger partial charge in [-0.2, -0.15) is 13.2 Å². The highest BCUT2D eigenvalue weighted by atomic mass is 19.4. The Morgan fingerprint density at radius 3 is 2.41 bits per heavy atom. The van der Waals surface area contributed by atoms with E-state index in [1.807, 2.05) is 27.7 Å². The van der Waals surface area contributed by atoms with E-state index in [2.05, 4.69) is 25.4 Å². The maximum atomic E-state index is 12.9. The minimum atomic E-state index is -5.08. The summed E-state index contributed by atoms with van der Waals surface area (Å²) in [6, 6.07) is 5.60. The molecule has 1 aliphatic carbocycles. The molecule has 1 atom stereocenters. The molecule has 14 heteroatoms. The smallest absolute Gasteiger partial charge is 0.475 e. The molecule has 4 heterocycles. The molecule has 0 spiro atoms. The molecule has 5 rings (SSSR count). The average Bonchev–Trinajstić information content (AvgIpc) is 3.37. The number of carboxylic acid groups (broad SMARTS) is 1. The first kappa shape index (κ1) is 28.5. The molecule has 2 aliphatic heterocycles. The number of carbonyl (C=O) groups excluding carboxylic acids is 2. The van der Waals surface area contributed by atoms with Crippen LogP contribution in [0.1, 0.15) is 60.3 Å². The summed E-state index contributed by atoms with van der Waals surface area (Å²) < 4.78 is 33.7. The zero-order valence-corrected chi connectivity index (χ0v) is 21.4. The second-order valence-corrected chi connectivity index (χ2v) is 9.94. The first-order valence-corrected chi connectivity index (χ1v) is 13.1. The van der Waals surface area contributed by atoms with Crippen LogP contribution in [0.3, 0.4) is 0 Å². The number of hydrogen-bond donors (Lipinski definition) is 2. The van der Waals surface area contributed by atoms with Crippen molar-refractivity contribution in [3.63, 3.8) is 0 Å². The summed E-state index contributed by atoms with van der Waals surface area (Å²) in [6.45, 7) is 4.31. The molecule has 11 nitrogen and oxygen atoms in total. The fraction of sp³-hybridized carbons (Fsp3) is 0.600. The van der Waals surface area contributed by atoms with Crippen LogP contribution in [0, 0.1) is 5.92 Å². The fourth-order valence-corrected chi connectivity index (χ4v) is 5.21. The maximum Gasteiger partial charge on any atom is 0.490 e. The van der Waals surface area contributed by atoms with Gasteiger partial charge in [-0.05, 0) is 30.9 Å². The zero-order chi connectivity index (χ0) is 28.0. The Hall–Kier alpha value is -3.55. The number of nitrogens with zero attached hydrogens (tertiary/aromatic N) is 6. The number of aliphatic carboxylic acids is 1. The normalized spacial score (nSPS) is 19.8. The molecule has 2 fully saturated rings. The number of nitrogens with one attached hydrogen (secondary N) is 1. The van der Waals surface area contributed by atoms with Crippen molar-refractivity contribution >= 4 is 17.8 Å². The summed E-state index contributed by atoms with van der Waals surface area (Å²) >= 11 is 0. The lowest BCUT2D eigenvalue weighted by Gasteiger charge is -2.43. The number of fused-ring (bicyclic) bond motifs is 3. The molecule has 212 valence electrons. The van der Waals surface area contributed by atoms with Gasteiger partial charge < -0.3 is 19.9 Å². The van der Waals surface area contributed by atoms with Crippen LogP contribution in [0.4, 0.5) is 13.2 Å². The average molecular weight is 552 g/mol. The van der Waals surface area contributed by atoms with Gasteiger partial charge in [0.1, 0.15) is 0 Å². The lowest BCUT2D eigenvalue weighted by Crippen LogP contribution is -2.54. The third kappa shape index (κ3) is 7.31. The van der Waals surface area contributed by atoms with Crippen molar-refractivity contribution in [1.82, 2.24) is 34.9 Å². The number of carbonyl (C=O) groups is 3. The molecule has 0 aromatic carbocycles. The second-order valence-electron chi connectivity index (χ2n) is 9.94. The Balaban J connectivity index is 0.000000448. The Kier molecular flexibility index (Phi) is 9.15. The minimum absolute atomic E-state index is 0.0300. The van der Waals surface area contributed by atoms with Gasteiger partial charge in [-0.15, -0.1) is 10.2 Å². The number of aromatic nitrogens is 4. The van der Waals surface area contributed by atoms with E-state index < -0.39 is 12.1 Å². The summed E-state index contributed by atoms with van der Waals surface area (Å²) in [5.41, 5.74) is 0.781. The number of carboxylic acids is 1. The van der Waals surface area contributed by atoms with E-state index in [-0.39, 0.29) is 17.9 Å². The molecular formula is C25H32F3N7O4. The molecule has 0 bridgehead atoms. The topological polar surface area (TPSA) is 134 Å². The van der Waals surface area contributed by atoms with Crippen molar-refractivity contribution in [3.05, 3.63) is 41.7 Å². The molecule has 2 N–H and O–H groups in total. The van der Waals surface area contributed by atoms with Crippen molar-refractivity contribution < 1.29 is 32.7 Å². The van der Waals surface area contributed by atoms with E-state index in [4.69, 9.17) is 9.90 Å². The van der Waals surface area contributed by atoms with E-state index in [1.165, 1.54) is 32.1 Å². The Bertz CT molecular complexity index is 1150. The molecule has 1 saturated carbocycles. The summed E-state index contributed by atoms with van der Waals surface area (Å²) in [7, 11) is 0. The first-order valence-electron chi connectivity index (χ1n) is 13.1. The van der Waals surface area contributed by atoms with E-state index >= 15 is 0 Å². The molecular weight excluding hydrogens is 519 g/mol. The molecule has 39 heavy (non-hydrogen) atoms. The number of amides is 2. The van der Waals surface area contributed by atoms with Gasteiger partial charge in [0.05, 0.1) is 12.5 Å². The zero-order valence-electron chi connectivity index (χ0n) is 21.4. The van der Waals surface area contributed by atoms with Gasteiger partial charge in [-0.1, -0.05) is 25.3 Å². The molecule has 3 aliphatic rings. The van der Waals surface area contributed by atoms with Crippen LogP contribution in [0.15, 0.2) is 24.4 Å². The predicted molar refractivity (Wildman–Crippen MR) is 131 cm³/mol. The SMILES string of the molecule is O=C(NCC1CCCCC1)c1nnc2n1CCN1CCN(C(=O)Cc3ccccn3)CC21.O=C(O)C(F)(F)F. The van der Waals surface area contributed by atoms with Crippen molar-refractivity contribution in [3.8, 4) is 0 Å². The van der Waals surface area contributed by atoms with Crippen LogP contribution in [0.25, 0.3) is 0 Å². The Morgan fingerprint density at radius 2 is 1.74 bits per heavy atom. The molecule has 1 saturated heterocycles. The second kappa shape index (κ2) is 12.5. The Labute approximate surface area is 223 Å². The largest absolute Gasteiger partial charge is 0.490 e. The molecule has 2 aromatic heterocycles. The third-order valence-electron chi connectivity index (χ3n) is 7.31. The highest BCUT2D eigenvalue weighted by Gasteiger charge is 2.39. The molecule has 0 radical (unpaired) electrons.